The van der Waals surface area contributed by atoms with Gasteiger partial charge >= 0.3 is 0 Å². The van der Waals surface area contributed by atoms with Gasteiger partial charge in [0.1, 0.15) is 6.33 Å². The molecule has 1 aliphatic rings. The van der Waals surface area contributed by atoms with Crippen molar-refractivity contribution < 1.29 is 0 Å². The van der Waals surface area contributed by atoms with Gasteiger partial charge in [0.15, 0.2) is 17.0 Å². The molecule has 3 heterocycles. The zero-order valence-corrected chi connectivity index (χ0v) is 9.00. The molecule has 0 radical (unpaired) electrons. The number of piperidine rings is 1. The van der Waals surface area contributed by atoms with Crippen LogP contribution < -0.4 is 4.90 Å². The summed E-state index contributed by atoms with van der Waals surface area (Å²) in [6.07, 6.45) is 8.69. The maximum Gasteiger partial charge on any atom is 0.183 e. The normalized spacial score (nSPS) is 16.6. The van der Waals surface area contributed by atoms with Crippen LogP contribution in [0.4, 0.5) is 5.82 Å². The second kappa shape index (κ2) is 4.00. The molecule has 2 aromatic rings. The van der Waals surface area contributed by atoms with Crippen molar-refractivity contribution >= 4 is 17.0 Å². The van der Waals surface area contributed by atoms with E-state index in [-0.39, 0.29) is 0 Å². The van der Waals surface area contributed by atoms with E-state index in [1.54, 1.807) is 18.7 Å². The molecule has 1 aliphatic heterocycles. The summed E-state index contributed by atoms with van der Waals surface area (Å²) in [7, 11) is 0. The average molecular weight is 215 g/mol. The van der Waals surface area contributed by atoms with Gasteiger partial charge in [-0.1, -0.05) is 0 Å². The van der Waals surface area contributed by atoms with E-state index in [9.17, 15) is 0 Å². The van der Waals surface area contributed by atoms with Gasteiger partial charge in [-0.3, -0.25) is 0 Å². The first kappa shape index (κ1) is 9.45. The van der Waals surface area contributed by atoms with E-state index in [2.05, 4.69) is 24.8 Å². The molecule has 16 heavy (non-hydrogen) atoms. The van der Waals surface area contributed by atoms with Crippen molar-refractivity contribution in [2.75, 3.05) is 18.0 Å². The predicted molar refractivity (Wildman–Crippen MR) is 61.2 cm³/mol. The van der Waals surface area contributed by atoms with Crippen molar-refractivity contribution in [1.82, 2.24) is 19.9 Å². The second-order valence-electron chi connectivity index (χ2n) is 3.97. The number of rotatable bonds is 1. The summed E-state index contributed by atoms with van der Waals surface area (Å²) < 4.78 is 0. The lowest BCUT2D eigenvalue weighted by molar-refractivity contribution is 0.574. The molecule has 5 heteroatoms. The highest BCUT2D eigenvalue weighted by atomic mass is 15.2. The lowest BCUT2D eigenvalue weighted by atomic mass is 10.1. The number of aromatic nitrogens is 4. The first-order valence-corrected chi connectivity index (χ1v) is 5.62. The molecular weight excluding hydrogens is 202 g/mol. The summed E-state index contributed by atoms with van der Waals surface area (Å²) >= 11 is 0. The van der Waals surface area contributed by atoms with Crippen LogP contribution in [-0.2, 0) is 0 Å². The van der Waals surface area contributed by atoms with Crippen LogP contribution in [0.3, 0.4) is 0 Å². The molecule has 0 aliphatic carbocycles. The van der Waals surface area contributed by atoms with Crippen LogP contribution >= 0.6 is 0 Å². The maximum atomic E-state index is 4.34. The molecular formula is C11H13N5. The van der Waals surface area contributed by atoms with Gasteiger partial charge in [0.25, 0.3) is 0 Å². The van der Waals surface area contributed by atoms with Crippen LogP contribution in [0.5, 0.6) is 0 Å². The fraction of sp³-hybridized carbons (Fsp3) is 0.455. The SMILES string of the molecule is c1cnc2c(N3CCCCC3)ncnc2n1. The Balaban J connectivity index is 2.08. The minimum Gasteiger partial charge on any atom is -0.355 e. The number of hydrogen-bond acceptors (Lipinski definition) is 5. The quantitative estimate of drug-likeness (QED) is 0.720. The van der Waals surface area contributed by atoms with Crippen molar-refractivity contribution in [1.29, 1.82) is 0 Å². The second-order valence-corrected chi connectivity index (χ2v) is 3.97. The largest absolute Gasteiger partial charge is 0.355 e. The number of nitrogens with zero attached hydrogens (tertiary/aromatic N) is 5. The standard InChI is InChI=1S/C11H13N5/c1-2-6-16(7-3-1)11-9-10(14-8-15-11)13-5-4-12-9/h4-5,8H,1-3,6-7H2. The monoisotopic (exact) mass is 215 g/mol. The van der Waals surface area contributed by atoms with E-state index < -0.39 is 0 Å². The Morgan fingerprint density at radius 3 is 2.56 bits per heavy atom. The molecule has 0 spiro atoms. The third kappa shape index (κ3) is 1.58. The summed E-state index contributed by atoms with van der Waals surface area (Å²) in [5, 5.41) is 0. The van der Waals surface area contributed by atoms with Crippen LogP contribution in [0.25, 0.3) is 11.2 Å². The smallest absolute Gasteiger partial charge is 0.183 e. The molecule has 0 atom stereocenters. The van der Waals surface area contributed by atoms with Crippen molar-refractivity contribution in [3.05, 3.63) is 18.7 Å². The van der Waals surface area contributed by atoms with Gasteiger partial charge < -0.3 is 4.90 Å². The summed E-state index contributed by atoms with van der Waals surface area (Å²) in [5.74, 6) is 0.929. The van der Waals surface area contributed by atoms with Gasteiger partial charge in [-0.2, -0.15) is 0 Å². The molecule has 0 bridgehead atoms. The topological polar surface area (TPSA) is 54.8 Å². The zero-order valence-electron chi connectivity index (χ0n) is 9.00. The van der Waals surface area contributed by atoms with Crippen LogP contribution in [0.15, 0.2) is 18.7 Å². The first-order chi connectivity index (χ1) is 7.95. The van der Waals surface area contributed by atoms with Crippen molar-refractivity contribution in [3.63, 3.8) is 0 Å². The predicted octanol–water partition coefficient (Wildman–Crippen LogP) is 1.41. The van der Waals surface area contributed by atoms with E-state index >= 15 is 0 Å². The Bertz CT molecular complexity index is 487. The van der Waals surface area contributed by atoms with Gasteiger partial charge in [0, 0.05) is 25.5 Å². The third-order valence-electron chi connectivity index (χ3n) is 2.91. The Hall–Kier alpha value is -1.78. The van der Waals surface area contributed by atoms with E-state index in [4.69, 9.17) is 0 Å². The van der Waals surface area contributed by atoms with Crippen LogP contribution in [0.2, 0.25) is 0 Å². The van der Waals surface area contributed by atoms with E-state index in [1.807, 2.05) is 0 Å². The molecule has 82 valence electrons. The van der Waals surface area contributed by atoms with Crippen LogP contribution in [-0.4, -0.2) is 33.0 Å². The molecule has 0 N–H and O–H groups in total. The molecule has 0 amide bonds. The minimum atomic E-state index is 0.679. The minimum absolute atomic E-state index is 0.679. The lowest BCUT2D eigenvalue weighted by Crippen LogP contribution is -2.30. The first-order valence-electron chi connectivity index (χ1n) is 5.62. The highest BCUT2D eigenvalue weighted by Gasteiger charge is 2.15. The maximum absolute atomic E-state index is 4.34. The third-order valence-corrected chi connectivity index (χ3v) is 2.91. The number of fused-ring (bicyclic) bond motifs is 1. The van der Waals surface area contributed by atoms with Crippen LogP contribution in [0.1, 0.15) is 19.3 Å². The van der Waals surface area contributed by atoms with Crippen molar-refractivity contribution in [3.8, 4) is 0 Å². The molecule has 1 fully saturated rings. The summed E-state index contributed by atoms with van der Waals surface area (Å²) in [5.41, 5.74) is 1.49. The fourth-order valence-electron chi connectivity index (χ4n) is 2.12. The van der Waals surface area contributed by atoms with Crippen LogP contribution in [0, 0.1) is 0 Å². The average Bonchev–Trinajstić information content (AvgIpc) is 2.39. The van der Waals surface area contributed by atoms with Gasteiger partial charge in [0.05, 0.1) is 0 Å². The zero-order chi connectivity index (χ0) is 10.8. The van der Waals surface area contributed by atoms with Crippen molar-refractivity contribution in [2.24, 2.45) is 0 Å². The Labute approximate surface area is 93.6 Å². The highest BCUT2D eigenvalue weighted by molar-refractivity contribution is 5.82. The Morgan fingerprint density at radius 2 is 1.69 bits per heavy atom. The van der Waals surface area contributed by atoms with Crippen molar-refractivity contribution in [2.45, 2.75) is 19.3 Å². The molecule has 0 aromatic carbocycles. The number of hydrogen-bond donors (Lipinski definition) is 0. The molecule has 0 saturated carbocycles. The van der Waals surface area contributed by atoms with Gasteiger partial charge in [-0.25, -0.2) is 19.9 Å². The Kier molecular flexibility index (Phi) is 2.36. The van der Waals surface area contributed by atoms with E-state index in [0.29, 0.717) is 5.65 Å². The summed E-state index contributed by atoms with van der Waals surface area (Å²) in [6, 6.07) is 0. The number of anilines is 1. The van der Waals surface area contributed by atoms with Gasteiger partial charge in [-0.05, 0) is 19.3 Å². The molecule has 2 aromatic heterocycles. The lowest BCUT2D eigenvalue weighted by Gasteiger charge is -2.27. The van der Waals surface area contributed by atoms with E-state index in [0.717, 1.165) is 24.4 Å². The summed E-state index contributed by atoms with van der Waals surface area (Å²) in [4.78, 5) is 19.3. The molecule has 5 nitrogen and oxygen atoms in total. The molecule has 3 rings (SSSR count). The fourth-order valence-corrected chi connectivity index (χ4v) is 2.12. The molecule has 0 unspecified atom stereocenters. The van der Waals surface area contributed by atoms with E-state index in [1.165, 1.54) is 19.3 Å². The Morgan fingerprint density at radius 1 is 0.875 bits per heavy atom. The molecule has 1 saturated heterocycles. The highest BCUT2D eigenvalue weighted by Crippen LogP contribution is 2.22. The summed E-state index contributed by atoms with van der Waals surface area (Å²) in [6.45, 7) is 2.12. The van der Waals surface area contributed by atoms with Gasteiger partial charge in [0.2, 0.25) is 0 Å². The van der Waals surface area contributed by atoms with Gasteiger partial charge in [-0.15, -0.1) is 0 Å².